The molecule has 1 atom stereocenters. The summed E-state index contributed by atoms with van der Waals surface area (Å²) in [6.07, 6.45) is 7.25. The number of rotatable bonds is 4. The highest BCUT2D eigenvalue weighted by atomic mass is 79.9. The van der Waals surface area contributed by atoms with E-state index < -0.39 is 0 Å². The minimum atomic E-state index is 0.307. The first-order valence-corrected chi connectivity index (χ1v) is 7.09. The van der Waals surface area contributed by atoms with E-state index in [1.165, 1.54) is 32.1 Å². The number of carbonyl (C=O) groups is 1. The summed E-state index contributed by atoms with van der Waals surface area (Å²) in [6.45, 7) is 2.08. The van der Waals surface area contributed by atoms with E-state index in [1.54, 1.807) is 0 Å². The van der Waals surface area contributed by atoms with Gasteiger partial charge in [0.15, 0.2) is 0 Å². The molecule has 1 aliphatic rings. The SMILES string of the molecule is CC(CBr)N(C)C(=O)CC1CCCCC1. The number of nitrogens with zero attached hydrogens (tertiary/aromatic N) is 1. The third kappa shape index (κ3) is 4.13. The highest BCUT2D eigenvalue weighted by molar-refractivity contribution is 9.09. The van der Waals surface area contributed by atoms with E-state index in [4.69, 9.17) is 0 Å². The van der Waals surface area contributed by atoms with E-state index in [2.05, 4.69) is 22.9 Å². The number of carbonyl (C=O) groups excluding carboxylic acids is 1. The zero-order valence-electron chi connectivity index (χ0n) is 9.84. The molecule has 0 aliphatic heterocycles. The smallest absolute Gasteiger partial charge is 0.222 e. The molecule has 1 fully saturated rings. The zero-order valence-corrected chi connectivity index (χ0v) is 11.4. The second-order valence-corrected chi connectivity index (χ2v) is 5.36. The lowest BCUT2D eigenvalue weighted by Gasteiger charge is -2.27. The van der Waals surface area contributed by atoms with Crippen LogP contribution in [0.1, 0.15) is 45.4 Å². The topological polar surface area (TPSA) is 20.3 Å². The molecular formula is C12H22BrNO. The van der Waals surface area contributed by atoms with Gasteiger partial charge in [-0.3, -0.25) is 4.79 Å². The minimum Gasteiger partial charge on any atom is -0.342 e. The molecule has 0 aromatic carbocycles. The quantitative estimate of drug-likeness (QED) is 0.722. The standard InChI is InChI=1S/C12H22BrNO/c1-10(9-13)14(2)12(15)8-11-6-4-3-5-7-11/h10-11H,3-9H2,1-2H3. The van der Waals surface area contributed by atoms with Crippen molar-refractivity contribution in [3.63, 3.8) is 0 Å². The van der Waals surface area contributed by atoms with E-state index in [0.717, 1.165) is 11.8 Å². The van der Waals surface area contributed by atoms with E-state index in [9.17, 15) is 4.79 Å². The number of hydrogen-bond donors (Lipinski definition) is 0. The molecule has 1 unspecified atom stereocenters. The summed E-state index contributed by atoms with van der Waals surface area (Å²) in [7, 11) is 1.91. The Balaban J connectivity index is 2.33. The lowest BCUT2D eigenvalue weighted by Crippen LogP contribution is -2.37. The molecule has 0 spiro atoms. The zero-order chi connectivity index (χ0) is 11.3. The minimum absolute atomic E-state index is 0.307. The Morgan fingerprint density at radius 1 is 1.40 bits per heavy atom. The van der Waals surface area contributed by atoms with Crippen LogP contribution in [-0.2, 0) is 4.79 Å². The number of amides is 1. The summed E-state index contributed by atoms with van der Waals surface area (Å²) < 4.78 is 0. The third-order valence-electron chi connectivity index (χ3n) is 3.47. The van der Waals surface area contributed by atoms with Gasteiger partial charge in [0.25, 0.3) is 0 Å². The van der Waals surface area contributed by atoms with Crippen molar-refractivity contribution < 1.29 is 4.79 Å². The molecule has 88 valence electrons. The Bertz CT molecular complexity index is 202. The van der Waals surface area contributed by atoms with Crippen LogP contribution in [0.3, 0.4) is 0 Å². The van der Waals surface area contributed by atoms with Crippen LogP contribution in [0, 0.1) is 5.92 Å². The van der Waals surface area contributed by atoms with Gasteiger partial charge in [0.2, 0.25) is 5.91 Å². The molecule has 1 rings (SSSR count). The average molecular weight is 276 g/mol. The van der Waals surface area contributed by atoms with Crippen LogP contribution in [0.15, 0.2) is 0 Å². The monoisotopic (exact) mass is 275 g/mol. The molecule has 0 heterocycles. The van der Waals surface area contributed by atoms with Gasteiger partial charge in [-0.05, 0) is 25.7 Å². The first-order valence-electron chi connectivity index (χ1n) is 5.96. The van der Waals surface area contributed by atoms with Gasteiger partial charge < -0.3 is 4.90 Å². The Morgan fingerprint density at radius 3 is 2.53 bits per heavy atom. The summed E-state index contributed by atoms with van der Waals surface area (Å²) in [5, 5.41) is 0.861. The van der Waals surface area contributed by atoms with Crippen molar-refractivity contribution in [2.45, 2.75) is 51.5 Å². The van der Waals surface area contributed by atoms with Crippen molar-refractivity contribution in [3.8, 4) is 0 Å². The van der Waals surface area contributed by atoms with Gasteiger partial charge in [-0.25, -0.2) is 0 Å². The Hall–Kier alpha value is -0.0500. The molecule has 0 aromatic rings. The summed E-state index contributed by atoms with van der Waals surface area (Å²) in [6, 6.07) is 0.307. The summed E-state index contributed by atoms with van der Waals surface area (Å²) in [5.74, 6) is 0.963. The molecule has 0 radical (unpaired) electrons. The van der Waals surface area contributed by atoms with Crippen molar-refractivity contribution in [2.75, 3.05) is 12.4 Å². The van der Waals surface area contributed by atoms with Gasteiger partial charge in [0, 0.05) is 24.8 Å². The van der Waals surface area contributed by atoms with Crippen LogP contribution in [0.4, 0.5) is 0 Å². The van der Waals surface area contributed by atoms with Crippen molar-refractivity contribution in [2.24, 2.45) is 5.92 Å². The fraction of sp³-hybridized carbons (Fsp3) is 0.917. The normalized spacial score (nSPS) is 19.9. The summed E-state index contributed by atoms with van der Waals surface area (Å²) in [5.41, 5.74) is 0. The molecule has 1 saturated carbocycles. The van der Waals surface area contributed by atoms with E-state index in [1.807, 2.05) is 11.9 Å². The molecule has 1 aliphatic carbocycles. The van der Waals surface area contributed by atoms with Crippen molar-refractivity contribution in [3.05, 3.63) is 0 Å². The van der Waals surface area contributed by atoms with Crippen LogP contribution in [0.5, 0.6) is 0 Å². The number of hydrogen-bond acceptors (Lipinski definition) is 1. The lowest BCUT2D eigenvalue weighted by atomic mass is 9.86. The van der Waals surface area contributed by atoms with Crippen molar-refractivity contribution >= 4 is 21.8 Å². The molecule has 0 bridgehead atoms. The fourth-order valence-corrected chi connectivity index (χ4v) is 2.57. The molecule has 0 aromatic heterocycles. The Morgan fingerprint density at radius 2 is 2.00 bits per heavy atom. The van der Waals surface area contributed by atoms with Gasteiger partial charge in [-0.1, -0.05) is 35.2 Å². The lowest BCUT2D eigenvalue weighted by molar-refractivity contribution is -0.132. The van der Waals surface area contributed by atoms with Gasteiger partial charge in [-0.2, -0.15) is 0 Å². The van der Waals surface area contributed by atoms with Gasteiger partial charge in [-0.15, -0.1) is 0 Å². The first kappa shape index (κ1) is 13.0. The molecule has 15 heavy (non-hydrogen) atoms. The molecule has 0 saturated heterocycles. The van der Waals surface area contributed by atoms with Gasteiger partial charge in [0.05, 0.1) is 0 Å². The van der Waals surface area contributed by atoms with E-state index in [-0.39, 0.29) is 0 Å². The van der Waals surface area contributed by atoms with E-state index >= 15 is 0 Å². The maximum Gasteiger partial charge on any atom is 0.222 e. The van der Waals surface area contributed by atoms with Crippen LogP contribution in [0.2, 0.25) is 0 Å². The highest BCUT2D eigenvalue weighted by Gasteiger charge is 2.21. The number of halogens is 1. The molecule has 1 amide bonds. The maximum atomic E-state index is 11.9. The van der Waals surface area contributed by atoms with Crippen LogP contribution >= 0.6 is 15.9 Å². The average Bonchev–Trinajstić information content (AvgIpc) is 2.28. The highest BCUT2D eigenvalue weighted by Crippen LogP contribution is 2.26. The van der Waals surface area contributed by atoms with Gasteiger partial charge >= 0.3 is 0 Å². The number of alkyl halides is 1. The van der Waals surface area contributed by atoms with Crippen LogP contribution in [-0.4, -0.2) is 29.2 Å². The largest absolute Gasteiger partial charge is 0.342 e. The van der Waals surface area contributed by atoms with Crippen molar-refractivity contribution in [1.82, 2.24) is 4.90 Å². The Kier molecular flexibility index (Phi) is 5.65. The molecular weight excluding hydrogens is 254 g/mol. The second kappa shape index (κ2) is 6.51. The maximum absolute atomic E-state index is 11.9. The molecule has 3 heteroatoms. The first-order chi connectivity index (χ1) is 7.15. The van der Waals surface area contributed by atoms with Crippen LogP contribution in [0.25, 0.3) is 0 Å². The second-order valence-electron chi connectivity index (χ2n) is 4.72. The molecule has 2 nitrogen and oxygen atoms in total. The molecule has 0 N–H and O–H groups in total. The predicted molar refractivity (Wildman–Crippen MR) is 67.2 cm³/mol. The Labute approximate surface area is 102 Å². The van der Waals surface area contributed by atoms with E-state index in [0.29, 0.717) is 17.9 Å². The van der Waals surface area contributed by atoms with Gasteiger partial charge in [0.1, 0.15) is 0 Å². The van der Waals surface area contributed by atoms with Crippen LogP contribution < -0.4 is 0 Å². The third-order valence-corrected chi connectivity index (χ3v) is 4.40. The fourth-order valence-electron chi connectivity index (χ4n) is 2.13. The van der Waals surface area contributed by atoms with Crippen molar-refractivity contribution in [1.29, 1.82) is 0 Å². The summed E-state index contributed by atoms with van der Waals surface area (Å²) in [4.78, 5) is 13.8. The predicted octanol–water partition coefficient (Wildman–Crippen LogP) is 3.20. The summed E-state index contributed by atoms with van der Waals surface area (Å²) >= 11 is 3.41.